The Balaban J connectivity index is 2.01. The van der Waals surface area contributed by atoms with Crippen LogP contribution in [0.2, 0.25) is 0 Å². The number of rotatable bonds is 2. The number of hydrogen-bond donors (Lipinski definition) is 0. The molecule has 104 valence electrons. The number of fused-ring (bicyclic) bond motifs is 1. The summed E-state index contributed by atoms with van der Waals surface area (Å²) in [6, 6.07) is 1.34. The summed E-state index contributed by atoms with van der Waals surface area (Å²) in [5.74, 6) is -0.201. The number of nitrogens with zero attached hydrogens (tertiary/aromatic N) is 6. The molecule has 0 spiro atoms. The largest absolute Gasteiger partial charge is 0.390 e. The molecule has 20 heavy (non-hydrogen) atoms. The van der Waals surface area contributed by atoms with Crippen molar-refractivity contribution in [2.45, 2.75) is 26.2 Å². The zero-order valence-corrected chi connectivity index (χ0v) is 12.0. The lowest BCUT2D eigenvalue weighted by molar-refractivity contribution is -0.389. The van der Waals surface area contributed by atoms with Crippen LogP contribution in [-0.4, -0.2) is 29.3 Å². The van der Waals surface area contributed by atoms with Crippen molar-refractivity contribution in [3.05, 3.63) is 34.3 Å². The SMILES string of the molecule is CC(C)(C)c1cn2nc(-n3ccc([N+](=O)[O-])n3)sc2n1. The van der Waals surface area contributed by atoms with Gasteiger partial charge in [0.1, 0.15) is 0 Å². The summed E-state index contributed by atoms with van der Waals surface area (Å²) in [5.41, 5.74) is 0.909. The van der Waals surface area contributed by atoms with E-state index in [1.54, 1.807) is 4.52 Å². The summed E-state index contributed by atoms with van der Waals surface area (Å²) >= 11 is 1.33. The maximum atomic E-state index is 10.6. The Kier molecular flexibility index (Phi) is 2.61. The van der Waals surface area contributed by atoms with E-state index in [4.69, 9.17) is 0 Å². The fourth-order valence-corrected chi connectivity index (χ4v) is 2.48. The van der Waals surface area contributed by atoms with E-state index >= 15 is 0 Å². The average Bonchev–Trinajstić information content (AvgIpc) is 3.00. The van der Waals surface area contributed by atoms with Crippen molar-refractivity contribution in [3.63, 3.8) is 0 Å². The molecule has 0 bridgehead atoms. The van der Waals surface area contributed by atoms with Crippen LogP contribution in [0.25, 0.3) is 10.1 Å². The van der Waals surface area contributed by atoms with E-state index in [0.717, 1.165) is 10.7 Å². The van der Waals surface area contributed by atoms with Crippen molar-refractivity contribution in [2.24, 2.45) is 0 Å². The van der Waals surface area contributed by atoms with Gasteiger partial charge in [-0.3, -0.25) is 0 Å². The molecular formula is C11H12N6O2S. The summed E-state index contributed by atoms with van der Waals surface area (Å²) < 4.78 is 3.06. The van der Waals surface area contributed by atoms with Gasteiger partial charge in [-0.2, -0.15) is 0 Å². The summed E-state index contributed by atoms with van der Waals surface area (Å²) in [7, 11) is 0. The zero-order chi connectivity index (χ0) is 14.5. The number of aromatic nitrogens is 5. The fraction of sp³-hybridized carbons (Fsp3) is 0.364. The second kappa shape index (κ2) is 4.10. The van der Waals surface area contributed by atoms with Crippen molar-refractivity contribution >= 4 is 22.1 Å². The van der Waals surface area contributed by atoms with Crippen molar-refractivity contribution in [1.82, 2.24) is 24.4 Å². The van der Waals surface area contributed by atoms with Gasteiger partial charge in [0.25, 0.3) is 5.13 Å². The van der Waals surface area contributed by atoms with Crippen LogP contribution in [0.4, 0.5) is 5.82 Å². The normalized spacial score (nSPS) is 12.2. The van der Waals surface area contributed by atoms with Gasteiger partial charge in [-0.25, -0.2) is 9.50 Å². The second-order valence-electron chi connectivity index (χ2n) is 5.36. The van der Waals surface area contributed by atoms with Crippen molar-refractivity contribution in [2.75, 3.05) is 0 Å². The van der Waals surface area contributed by atoms with Gasteiger partial charge >= 0.3 is 5.82 Å². The molecule has 9 heteroatoms. The van der Waals surface area contributed by atoms with E-state index in [9.17, 15) is 10.1 Å². The minimum atomic E-state index is -0.535. The molecular weight excluding hydrogens is 280 g/mol. The topological polar surface area (TPSA) is 91.2 Å². The van der Waals surface area contributed by atoms with Crippen LogP contribution < -0.4 is 0 Å². The van der Waals surface area contributed by atoms with Gasteiger partial charge in [0.05, 0.1) is 29.3 Å². The molecule has 0 fully saturated rings. The Hall–Kier alpha value is -2.29. The first-order valence-corrected chi connectivity index (χ1v) is 6.73. The Labute approximate surface area is 117 Å². The molecule has 0 atom stereocenters. The fourth-order valence-electron chi connectivity index (χ4n) is 1.66. The molecule has 0 unspecified atom stereocenters. The molecule has 0 amide bonds. The van der Waals surface area contributed by atoms with E-state index in [1.165, 1.54) is 28.3 Å². The molecule has 3 rings (SSSR count). The molecule has 0 aliphatic heterocycles. The molecule has 0 radical (unpaired) electrons. The average molecular weight is 292 g/mol. The lowest BCUT2D eigenvalue weighted by Crippen LogP contribution is -2.11. The van der Waals surface area contributed by atoms with Gasteiger partial charge in [-0.15, -0.1) is 9.78 Å². The van der Waals surface area contributed by atoms with Crippen LogP contribution in [0.5, 0.6) is 0 Å². The molecule has 0 N–H and O–H groups in total. The van der Waals surface area contributed by atoms with E-state index in [1.807, 2.05) is 6.20 Å². The minimum Gasteiger partial charge on any atom is -0.358 e. The molecule has 8 nitrogen and oxygen atoms in total. The quantitative estimate of drug-likeness (QED) is 0.533. The second-order valence-corrected chi connectivity index (χ2v) is 6.30. The smallest absolute Gasteiger partial charge is 0.358 e. The Morgan fingerprint density at radius 3 is 2.65 bits per heavy atom. The first-order chi connectivity index (χ1) is 9.34. The highest BCUT2D eigenvalue weighted by molar-refractivity contribution is 7.19. The summed E-state index contributed by atoms with van der Waals surface area (Å²) in [6.45, 7) is 6.24. The monoisotopic (exact) mass is 292 g/mol. The molecule has 3 aromatic heterocycles. The van der Waals surface area contributed by atoms with Gasteiger partial charge in [0.15, 0.2) is 0 Å². The third kappa shape index (κ3) is 2.05. The Bertz CT molecular complexity index is 762. The van der Waals surface area contributed by atoms with E-state index in [0.29, 0.717) is 5.13 Å². The maximum absolute atomic E-state index is 10.6. The van der Waals surface area contributed by atoms with Crippen molar-refractivity contribution in [1.29, 1.82) is 0 Å². The summed E-state index contributed by atoms with van der Waals surface area (Å²) in [6.07, 6.45) is 3.38. The standard InChI is InChI=1S/C11H12N6O2S/c1-11(2,3)7-6-16-9(12-7)20-10(14-16)15-5-4-8(13-15)17(18)19/h4-6H,1-3H3. The highest BCUT2D eigenvalue weighted by atomic mass is 32.1. The van der Waals surface area contributed by atoms with E-state index in [-0.39, 0.29) is 11.2 Å². The highest BCUT2D eigenvalue weighted by Crippen LogP contribution is 2.25. The third-order valence-corrected chi connectivity index (χ3v) is 3.67. The molecule has 0 saturated carbocycles. The lowest BCUT2D eigenvalue weighted by atomic mass is 9.93. The van der Waals surface area contributed by atoms with Gasteiger partial charge in [0, 0.05) is 5.41 Å². The molecule has 0 saturated heterocycles. The van der Waals surface area contributed by atoms with E-state index < -0.39 is 4.92 Å². The van der Waals surface area contributed by atoms with Crippen LogP contribution in [0.15, 0.2) is 18.5 Å². The predicted octanol–water partition coefficient (Wildman–Crippen LogP) is 2.18. The van der Waals surface area contributed by atoms with Crippen LogP contribution in [0.1, 0.15) is 26.5 Å². The summed E-state index contributed by atoms with van der Waals surface area (Å²) in [4.78, 5) is 15.3. The highest BCUT2D eigenvalue weighted by Gasteiger charge is 2.21. The first kappa shape index (κ1) is 12.7. The van der Waals surface area contributed by atoms with Gasteiger partial charge in [-0.05, 0) is 4.92 Å². The third-order valence-electron chi connectivity index (χ3n) is 2.76. The number of nitro groups is 1. The van der Waals surface area contributed by atoms with Crippen molar-refractivity contribution < 1.29 is 4.92 Å². The van der Waals surface area contributed by atoms with E-state index in [2.05, 4.69) is 36.0 Å². The van der Waals surface area contributed by atoms with Crippen molar-refractivity contribution in [3.8, 4) is 5.13 Å². The van der Waals surface area contributed by atoms with Gasteiger partial charge in [-0.1, -0.05) is 32.1 Å². The predicted molar refractivity (Wildman–Crippen MR) is 73.3 cm³/mol. The Morgan fingerprint density at radius 1 is 1.35 bits per heavy atom. The van der Waals surface area contributed by atoms with Crippen LogP contribution in [0.3, 0.4) is 0 Å². The van der Waals surface area contributed by atoms with Crippen LogP contribution >= 0.6 is 11.3 Å². The minimum absolute atomic E-state index is 0.0436. The Morgan fingerprint density at radius 2 is 2.10 bits per heavy atom. The molecule has 0 aliphatic carbocycles. The maximum Gasteiger partial charge on any atom is 0.390 e. The number of imidazole rings is 1. The van der Waals surface area contributed by atoms with Crippen LogP contribution in [-0.2, 0) is 5.41 Å². The molecule has 0 aliphatic rings. The number of hydrogen-bond acceptors (Lipinski definition) is 6. The van der Waals surface area contributed by atoms with Crippen LogP contribution in [0, 0.1) is 10.1 Å². The lowest BCUT2D eigenvalue weighted by Gasteiger charge is -2.13. The zero-order valence-electron chi connectivity index (χ0n) is 11.1. The summed E-state index contributed by atoms with van der Waals surface area (Å²) in [5, 5.41) is 19.4. The first-order valence-electron chi connectivity index (χ1n) is 5.92. The molecule has 3 aromatic rings. The van der Waals surface area contributed by atoms with Gasteiger partial charge < -0.3 is 10.1 Å². The molecule has 3 heterocycles. The molecule has 0 aromatic carbocycles. The van der Waals surface area contributed by atoms with Gasteiger partial charge in [0.2, 0.25) is 4.96 Å².